The number of halogens is 4. The Morgan fingerprint density at radius 3 is 2.59 bits per heavy atom. The van der Waals surface area contributed by atoms with E-state index in [-0.39, 0.29) is 5.65 Å². The molecule has 11 heteroatoms. The zero-order valence-corrected chi connectivity index (χ0v) is 13.6. The van der Waals surface area contributed by atoms with E-state index in [2.05, 4.69) is 9.84 Å². The molecule has 0 spiro atoms. The molecule has 0 aliphatic rings. The van der Waals surface area contributed by atoms with Crippen LogP contribution in [-0.4, -0.2) is 37.5 Å². The largest absolute Gasteiger partial charge is 0.480 e. The van der Waals surface area contributed by atoms with Crippen molar-refractivity contribution in [3.8, 4) is 11.4 Å². The molecule has 2 heterocycles. The third-order valence-electron chi connectivity index (χ3n) is 3.70. The Balaban J connectivity index is 2.19. The first-order chi connectivity index (χ1) is 12.6. The standard InChI is InChI=1S/C16H11F4N3O4/c1-8(16(18,19)20)27-12-7-11(10(17)6-9(12)14(24)25)23-15(26)22-5-3-2-4-13(22)21-23/h2-8H,1H3,(H,24,25)/t8-/m0/s1. The van der Waals surface area contributed by atoms with Gasteiger partial charge in [-0.25, -0.2) is 18.4 Å². The van der Waals surface area contributed by atoms with Crippen LogP contribution < -0.4 is 10.4 Å². The first-order valence-electron chi connectivity index (χ1n) is 7.46. The number of alkyl halides is 3. The molecule has 0 amide bonds. The highest BCUT2D eigenvalue weighted by molar-refractivity contribution is 5.91. The minimum Gasteiger partial charge on any atom is -0.480 e. The highest BCUT2D eigenvalue weighted by Gasteiger charge is 2.39. The van der Waals surface area contributed by atoms with Crippen molar-refractivity contribution < 1.29 is 32.2 Å². The summed E-state index contributed by atoms with van der Waals surface area (Å²) in [6.07, 6.45) is -5.76. The number of aromatic carboxylic acids is 1. The maximum atomic E-state index is 14.4. The number of fused-ring (bicyclic) bond motifs is 1. The van der Waals surface area contributed by atoms with Gasteiger partial charge in [-0.2, -0.15) is 17.9 Å². The van der Waals surface area contributed by atoms with Crippen LogP contribution in [0.1, 0.15) is 17.3 Å². The lowest BCUT2D eigenvalue weighted by molar-refractivity contribution is -0.189. The van der Waals surface area contributed by atoms with E-state index in [0.717, 1.165) is 4.40 Å². The van der Waals surface area contributed by atoms with Crippen LogP contribution in [-0.2, 0) is 0 Å². The van der Waals surface area contributed by atoms with Gasteiger partial charge in [-0.3, -0.25) is 0 Å². The number of rotatable bonds is 4. The first kappa shape index (κ1) is 18.4. The molecule has 1 atom stereocenters. The van der Waals surface area contributed by atoms with Crippen LogP contribution in [0.4, 0.5) is 17.6 Å². The zero-order chi connectivity index (χ0) is 19.9. The van der Waals surface area contributed by atoms with Crippen LogP contribution in [0.5, 0.6) is 5.75 Å². The van der Waals surface area contributed by atoms with Gasteiger partial charge in [-0.15, -0.1) is 5.10 Å². The van der Waals surface area contributed by atoms with E-state index in [1.54, 1.807) is 6.07 Å². The number of aromatic nitrogens is 3. The fourth-order valence-corrected chi connectivity index (χ4v) is 2.31. The molecule has 0 bridgehead atoms. The Bertz CT molecular complexity index is 1090. The van der Waals surface area contributed by atoms with E-state index in [1.165, 1.54) is 18.3 Å². The van der Waals surface area contributed by atoms with Crippen molar-refractivity contribution >= 4 is 11.6 Å². The van der Waals surface area contributed by atoms with Crippen molar-refractivity contribution in [2.24, 2.45) is 0 Å². The third kappa shape index (κ3) is 3.35. The fourth-order valence-electron chi connectivity index (χ4n) is 2.31. The van der Waals surface area contributed by atoms with Crippen molar-refractivity contribution in [2.45, 2.75) is 19.2 Å². The second kappa shape index (κ2) is 6.41. The topological polar surface area (TPSA) is 85.8 Å². The monoisotopic (exact) mass is 385 g/mol. The summed E-state index contributed by atoms with van der Waals surface area (Å²) in [6.45, 7) is 0.672. The predicted octanol–water partition coefficient (Wildman–Crippen LogP) is 2.65. The smallest absolute Gasteiger partial charge is 0.425 e. The number of carbonyl (C=O) groups is 1. The number of pyridine rings is 1. The number of ether oxygens (including phenoxy) is 1. The van der Waals surface area contributed by atoms with Crippen molar-refractivity contribution in [3.63, 3.8) is 0 Å². The minimum atomic E-state index is -4.77. The molecule has 142 valence electrons. The maximum absolute atomic E-state index is 14.4. The molecule has 0 saturated heterocycles. The number of nitrogens with zero attached hydrogens (tertiary/aromatic N) is 3. The van der Waals surface area contributed by atoms with Gasteiger partial charge in [0.15, 0.2) is 11.8 Å². The molecular formula is C16H11F4N3O4. The zero-order valence-electron chi connectivity index (χ0n) is 13.6. The van der Waals surface area contributed by atoms with Crippen molar-refractivity contribution in [1.82, 2.24) is 14.2 Å². The van der Waals surface area contributed by atoms with Gasteiger partial charge < -0.3 is 9.84 Å². The average Bonchev–Trinajstić information content (AvgIpc) is 2.92. The number of carboxylic acid groups (broad SMARTS) is 1. The van der Waals surface area contributed by atoms with Gasteiger partial charge in [-0.05, 0) is 25.1 Å². The van der Waals surface area contributed by atoms with E-state index in [0.29, 0.717) is 23.7 Å². The number of benzene rings is 1. The molecule has 0 saturated carbocycles. The van der Waals surface area contributed by atoms with E-state index >= 15 is 0 Å². The quantitative estimate of drug-likeness (QED) is 0.698. The van der Waals surface area contributed by atoms with Crippen LogP contribution in [0.25, 0.3) is 11.3 Å². The molecule has 0 fully saturated rings. The van der Waals surface area contributed by atoms with Gasteiger partial charge in [0.1, 0.15) is 22.8 Å². The fraction of sp³-hybridized carbons (Fsp3) is 0.188. The third-order valence-corrected chi connectivity index (χ3v) is 3.70. The lowest BCUT2D eigenvalue weighted by atomic mass is 10.1. The molecular weight excluding hydrogens is 374 g/mol. The Morgan fingerprint density at radius 1 is 1.30 bits per heavy atom. The molecule has 27 heavy (non-hydrogen) atoms. The summed E-state index contributed by atoms with van der Waals surface area (Å²) in [5.41, 5.74) is -1.99. The van der Waals surface area contributed by atoms with E-state index in [1.807, 2.05) is 0 Å². The molecule has 3 aromatic rings. The number of hydrogen-bond acceptors (Lipinski definition) is 4. The normalized spacial score (nSPS) is 12.9. The SMILES string of the molecule is C[C@H](Oc1cc(-n2nc3ccccn3c2=O)c(F)cc1C(=O)O)C(F)(F)F. The van der Waals surface area contributed by atoms with Crippen molar-refractivity contribution in [3.05, 3.63) is 58.4 Å². The number of carboxylic acids is 1. The van der Waals surface area contributed by atoms with Crippen LogP contribution in [0.15, 0.2) is 41.3 Å². The van der Waals surface area contributed by atoms with Gasteiger partial charge in [0.05, 0.1) is 0 Å². The number of hydrogen-bond donors (Lipinski definition) is 1. The van der Waals surface area contributed by atoms with Gasteiger partial charge in [-0.1, -0.05) is 6.07 Å². The van der Waals surface area contributed by atoms with Crippen LogP contribution in [0.3, 0.4) is 0 Å². The van der Waals surface area contributed by atoms with Crippen molar-refractivity contribution in [1.29, 1.82) is 0 Å². The summed E-state index contributed by atoms with van der Waals surface area (Å²) in [4.78, 5) is 23.6. The van der Waals surface area contributed by atoms with Crippen molar-refractivity contribution in [2.75, 3.05) is 0 Å². The Kier molecular flexibility index (Phi) is 4.38. The molecule has 0 radical (unpaired) electrons. The van der Waals surface area contributed by atoms with Gasteiger partial charge in [0, 0.05) is 12.3 Å². The molecule has 7 nitrogen and oxygen atoms in total. The highest BCUT2D eigenvalue weighted by Crippen LogP contribution is 2.30. The van der Waals surface area contributed by atoms with Crippen LogP contribution in [0.2, 0.25) is 0 Å². The summed E-state index contributed by atoms with van der Waals surface area (Å²) in [7, 11) is 0. The molecule has 2 aromatic heterocycles. The first-order valence-corrected chi connectivity index (χ1v) is 7.46. The Morgan fingerprint density at radius 2 is 2.00 bits per heavy atom. The van der Waals surface area contributed by atoms with E-state index < -0.39 is 46.8 Å². The highest BCUT2D eigenvalue weighted by atomic mass is 19.4. The van der Waals surface area contributed by atoms with Gasteiger partial charge in [0.2, 0.25) is 0 Å². The molecule has 1 aromatic carbocycles. The summed E-state index contributed by atoms with van der Waals surface area (Å²) >= 11 is 0. The summed E-state index contributed by atoms with van der Waals surface area (Å²) in [6, 6.07) is 5.76. The molecule has 0 unspecified atom stereocenters. The summed E-state index contributed by atoms with van der Waals surface area (Å²) in [5, 5.41) is 13.0. The molecule has 0 aliphatic carbocycles. The predicted molar refractivity (Wildman–Crippen MR) is 83.9 cm³/mol. The van der Waals surface area contributed by atoms with Crippen LogP contribution >= 0.6 is 0 Å². The molecule has 0 aliphatic heterocycles. The van der Waals surface area contributed by atoms with E-state index in [4.69, 9.17) is 5.11 Å². The Labute approximate surface area is 148 Å². The second-order valence-corrected chi connectivity index (χ2v) is 5.53. The average molecular weight is 385 g/mol. The molecule has 1 N–H and O–H groups in total. The second-order valence-electron chi connectivity index (χ2n) is 5.53. The van der Waals surface area contributed by atoms with Gasteiger partial charge in [0.25, 0.3) is 0 Å². The lowest BCUT2D eigenvalue weighted by Crippen LogP contribution is -2.32. The minimum absolute atomic E-state index is 0.162. The summed E-state index contributed by atoms with van der Waals surface area (Å²) < 4.78 is 59.1. The van der Waals surface area contributed by atoms with E-state index in [9.17, 15) is 27.2 Å². The Hall–Kier alpha value is -3.37. The maximum Gasteiger partial charge on any atom is 0.425 e. The van der Waals surface area contributed by atoms with Gasteiger partial charge >= 0.3 is 17.8 Å². The molecule has 3 rings (SSSR count). The van der Waals surface area contributed by atoms with Crippen LogP contribution in [0, 0.1) is 5.82 Å². The lowest BCUT2D eigenvalue weighted by Gasteiger charge is -2.19. The summed E-state index contributed by atoms with van der Waals surface area (Å²) in [5.74, 6) is -3.59.